The van der Waals surface area contributed by atoms with Gasteiger partial charge in [0.05, 0.1) is 0 Å². The second-order valence-electron chi connectivity index (χ2n) is 5.76. The first-order valence-corrected chi connectivity index (χ1v) is 7.88. The monoisotopic (exact) mass is 291 g/mol. The number of anilines is 1. The Morgan fingerprint density at radius 3 is 2.19 bits per heavy atom. The Morgan fingerprint density at radius 1 is 1.10 bits per heavy atom. The van der Waals surface area contributed by atoms with E-state index in [-0.39, 0.29) is 12.1 Å². The van der Waals surface area contributed by atoms with Crippen molar-refractivity contribution in [2.24, 2.45) is 5.92 Å². The fraction of sp³-hybridized carbons (Fsp3) is 0.588. The van der Waals surface area contributed by atoms with Crippen molar-refractivity contribution in [2.45, 2.75) is 53.1 Å². The molecule has 0 radical (unpaired) electrons. The second-order valence-corrected chi connectivity index (χ2v) is 5.76. The van der Waals surface area contributed by atoms with E-state index in [2.05, 4.69) is 50.6 Å². The molecule has 0 bridgehead atoms. The molecule has 0 aliphatic heterocycles. The zero-order valence-electron chi connectivity index (χ0n) is 13.9. The SMILES string of the molecule is CCNC(C)c1ccc(NC(=O)NC(CC)C(C)C)cc1. The molecule has 3 N–H and O–H groups in total. The molecule has 1 aromatic carbocycles. The Bertz CT molecular complexity index is 428. The lowest BCUT2D eigenvalue weighted by Crippen LogP contribution is -2.40. The van der Waals surface area contributed by atoms with Gasteiger partial charge in [-0.1, -0.05) is 39.8 Å². The maximum atomic E-state index is 12.0. The van der Waals surface area contributed by atoms with Crippen LogP contribution in [0.4, 0.5) is 10.5 Å². The van der Waals surface area contributed by atoms with Crippen molar-refractivity contribution in [3.63, 3.8) is 0 Å². The van der Waals surface area contributed by atoms with Crippen molar-refractivity contribution in [1.29, 1.82) is 0 Å². The van der Waals surface area contributed by atoms with Gasteiger partial charge in [-0.3, -0.25) is 0 Å². The van der Waals surface area contributed by atoms with Crippen molar-refractivity contribution in [3.8, 4) is 0 Å². The maximum absolute atomic E-state index is 12.0. The van der Waals surface area contributed by atoms with Gasteiger partial charge >= 0.3 is 6.03 Å². The Balaban J connectivity index is 2.57. The van der Waals surface area contributed by atoms with Crippen LogP contribution in [0.3, 0.4) is 0 Å². The van der Waals surface area contributed by atoms with Crippen molar-refractivity contribution >= 4 is 11.7 Å². The average Bonchev–Trinajstić information content (AvgIpc) is 2.45. The minimum absolute atomic E-state index is 0.136. The molecular formula is C17H29N3O. The number of rotatable bonds is 7. The molecule has 1 aromatic rings. The number of urea groups is 1. The molecular weight excluding hydrogens is 262 g/mol. The minimum atomic E-state index is -0.136. The van der Waals surface area contributed by atoms with Crippen molar-refractivity contribution in [1.82, 2.24) is 10.6 Å². The van der Waals surface area contributed by atoms with E-state index in [1.165, 1.54) is 5.56 Å². The molecule has 2 amide bonds. The van der Waals surface area contributed by atoms with Crippen molar-refractivity contribution in [3.05, 3.63) is 29.8 Å². The Kier molecular flexibility index (Phi) is 7.23. The molecule has 4 nitrogen and oxygen atoms in total. The third kappa shape index (κ3) is 5.76. The molecule has 4 heteroatoms. The number of benzene rings is 1. The summed E-state index contributed by atoms with van der Waals surface area (Å²) in [6, 6.07) is 8.37. The highest BCUT2D eigenvalue weighted by Crippen LogP contribution is 2.16. The first-order valence-electron chi connectivity index (χ1n) is 7.88. The first-order chi connectivity index (χ1) is 9.97. The summed E-state index contributed by atoms with van der Waals surface area (Å²) in [6.07, 6.45) is 0.935. The summed E-state index contributed by atoms with van der Waals surface area (Å²) in [5, 5.41) is 9.27. The van der Waals surface area contributed by atoms with Crippen molar-refractivity contribution in [2.75, 3.05) is 11.9 Å². The van der Waals surface area contributed by atoms with E-state index >= 15 is 0 Å². The summed E-state index contributed by atoms with van der Waals surface area (Å²) in [5.74, 6) is 0.434. The van der Waals surface area contributed by atoms with Crippen LogP contribution in [0.2, 0.25) is 0 Å². The van der Waals surface area contributed by atoms with Crippen LogP contribution in [0, 0.1) is 5.92 Å². The molecule has 2 atom stereocenters. The highest BCUT2D eigenvalue weighted by Gasteiger charge is 2.13. The Labute approximate surface area is 128 Å². The quantitative estimate of drug-likeness (QED) is 0.713. The van der Waals surface area contributed by atoms with Gasteiger partial charge < -0.3 is 16.0 Å². The zero-order valence-corrected chi connectivity index (χ0v) is 13.9. The van der Waals surface area contributed by atoms with E-state index in [4.69, 9.17) is 0 Å². The van der Waals surface area contributed by atoms with Gasteiger partial charge in [0.2, 0.25) is 0 Å². The lowest BCUT2D eigenvalue weighted by atomic mass is 10.0. The summed E-state index contributed by atoms with van der Waals surface area (Å²) in [4.78, 5) is 12.0. The van der Waals surface area contributed by atoms with Gasteiger partial charge in [-0.05, 0) is 43.5 Å². The number of carbonyl (C=O) groups excluding carboxylic acids is 1. The normalized spacial score (nSPS) is 13.8. The predicted octanol–water partition coefficient (Wildman–Crippen LogP) is 3.91. The molecule has 0 saturated heterocycles. The van der Waals surface area contributed by atoms with E-state index in [0.29, 0.717) is 12.0 Å². The largest absolute Gasteiger partial charge is 0.335 e. The fourth-order valence-electron chi connectivity index (χ4n) is 2.35. The molecule has 118 valence electrons. The third-order valence-electron chi connectivity index (χ3n) is 3.74. The minimum Gasteiger partial charge on any atom is -0.335 e. The van der Waals surface area contributed by atoms with E-state index < -0.39 is 0 Å². The highest BCUT2D eigenvalue weighted by atomic mass is 16.2. The van der Waals surface area contributed by atoms with E-state index in [0.717, 1.165) is 18.7 Å². The van der Waals surface area contributed by atoms with Gasteiger partial charge in [-0.2, -0.15) is 0 Å². The zero-order chi connectivity index (χ0) is 15.8. The lowest BCUT2D eigenvalue weighted by molar-refractivity contribution is 0.244. The molecule has 0 fully saturated rings. The molecule has 0 aliphatic rings. The molecule has 0 spiro atoms. The number of amides is 2. The number of carbonyl (C=O) groups is 1. The number of nitrogens with one attached hydrogen (secondary N) is 3. The van der Waals surface area contributed by atoms with Crippen LogP contribution in [0.1, 0.15) is 52.6 Å². The standard InChI is InChI=1S/C17H29N3O/c1-6-16(12(3)4)20-17(21)19-15-10-8-14(9-11-15)13(5)18-7-2/h8-13,16,18H,6-7H2,1-5H3,(H2,19,20,21). The molecule has 21 heavy (non-hydrogen) atoms. The summed E-state index contributed by atoms with van der Waals surface area (Å²) in [5.41, 5.74) is 2.04. The Morgan fingerprint density at radius 2 is 1.71 bits per heavy atom. The van der Waals surface area contributed by atoms with Gasteiger partial charge in [0.25, 0.3) is 0 Å². The lowest BCUT2D eigenvalue weighted by Gasteiger charge is -2.21. The summed E-state index contributed by atoms with van der Waals surface area (Å²) in [7, 11) is 0. The number of hydrogen-bond acceptors (Lipinski definition) is 2. The van der Waals surface area contributed by atoms with Crippen LogP contribution in [0.15, 0.2) is 24.3 Å². The van der Waals surface area contributed by atoms with Crippen LogP contribution in [-0.4, -0.2) is 18.6 Å². The van der Waals surface area contributed by atoms with Crippen LogP contribution < -0.4 is 16.0 Å². The van der Waals surface area contributed by atoms with Gasteiger partial charge in [-0.15, -0.1) is 0 Å². The summed E-state index contributed by atoms with van der Waals surface area (Å²) in [6.45, 7) is 11.5. The van der Waals surface area contributed by atoms with Gasteiger partial charge in [0.1, 0.15) is 0 Å². The fourth-order valence-corrected chi connectivity index (χ4v) is 2.35. The van der Waals surface area contributed by atoms with Gasteiger partial charge in [0, 0.05) is 17.8 Å². The van der Waals surface area contributed by atoms with Crippen LogP contribution in [0.25, 0.3) is 0 Å². The van der Waals surface area contributed by atoms with Gasteiger partial charge in [-0.25, -0.2) is 4.79 Å². The second kappa shape index (κ2) is 8.67. The van der Waals surface area contributed by atoms with Gasteiger partial charge in [0.15, 0.2) is 0 Å². The molecule has 2 unspecified atom stereocenters. The van der Waals surface area contributed by atoms with E-state index in [1.807, 2.05) is 24.3 Å². The van der Waals surface area contributed by atoms with Crippen LogP contribution in [0.5, 0.6) is 0 Å². The first kappa shape index (κ1) is 17.5. The summed E-state index contributed by atoms with van der Waals surface area (Å²) < 4.78 is 0. The van der Waals surface area contributed by atoms with E-state index in [9.17, 15) is 4.79 Å². The smallest absolute Gasteiger partial charge is 0.319 e. The van der Waals surface area contributed by atoms with Crippen molar-refractivity contribution < 1.29 is 4.79 Å². The van der Waals surface area contributed by atoms with E-state index in [1.54, 1.807) is 0 Å². The predicted molar refractivity (Wildman–Crippen MR) is 89.6 cm³/mol. The third-order valence-corrected chi connectivity index (χ3v) is 3.74. The molecule has 1 rings (SSSR count). The van der Waals surface area contributed by atoms with Crippen LogP contribution >= 0.6 is 0 Å². The topological polar surface area (TPSA) is 53.2 Å². The highest BCUT2D eigenvalue weighted by molar-refractivity contribution is 5.89. The average molecular weight is 291 g/mol. The molecule has 0 aliphatic carbocycles. The maximum Gasteiger partial charge on any atom is 0.319 e. The number of hydrogen-bond donors (Lipinski definition) is 3. The molecule has 0 aromatic heterocycles. The Hall–Kier alpha value is -1.55. The van der Waals surface area contributed by atoms with Crippen LogP contribution in [-0.2, 0) is 0 Å². The molecule has 0 heterocycles. The summed E-state index contributed by atoms with van der Waals surface area (Å²) >= 11 is 0. The molecule has 0 saturated carbocycles.